The average molecular weight is 228 g/mol. The molecule has 0 heterocycles. The topological polar surface area (TPSA) is 29.5 Å². The van der Waals surface area contributed by atoms with Gasteiger partial charge in [-0.05, 0) is 52.9 Å². The van der Waals surface area contributed by atoms with Crippen LogP contribution in [-0.4, -0.2) is 23.9 Å². The molecule has 2 nitrogen and oxygen atoms in total. The van der Waals surface area contributed by atoms with Crippen molar-refractivity contribution in [2.24, 2.45) is 0 Å². The van der Waals surface area contributed by atoms with Crippen LogP contribution in [0.4, 0.5) is 0 Å². The van der Waals surface area contributed by atoms with E-state index in [0.717, 1.165) is 38.7 Å². The Morgan fingerprint density at radius 1 is 1.38 bits per heavy atom. The third kappa shape index (κ3) is 7.02. The van der Waals surface area contributed by atoms with Gasteiger partial charge in [0.1, 0.15) is 0 Å². The van der Waals surface area contributed by atoms with Crippen molar-refractivity contribution < 1.29 is 9.84 Å². The van der Waals surface area contributed by atoms with Crippen molar-refractivity contribution in [3.8, 4) is 0 Å². The van der Waals surface area contributed by atoms with E-state index < -0.39 is 0 Å². The Morgan fingerprint density at radius 2 is 2.06 bits per heavy atom. The molecule has 0 amide bonds. The molecule has 0 aromatic rings. The summed E-state index contributed by atoms with van der Waals surface area (Å²) in [6.07, 6.45) is 7.37. The average Bonchev–Trinajstić information content (AvgIpc) is 2.26. The highest BCUT2D eigenvalue weighted by atomic mass is 16.5. The van der Waals surface area contributed by atoms with Crippen molar-refractivity contribution in [3.05, 3.63) is 11.6 Å². The van der Waals surface area contributed by atoms with Gasteiger partial charge >= 0.3 is 0 Å². The third-order valence-corrected chi connectivity index (χ3v) is 3.14. The first kappa shape index (κ1) is 15.7. The fourth-order valence-corrected chi connectivity index (χ4v) is 1.85. The van der Waals surface area contributed by atoms with Crippen molar-refractivity contribution in [1.29, 1.82) is 0 Å². The summed E-state index contributed by atoms with van der Waals surface area (Å²) in [4.78, 5) is 0. The zero-order valence-corrected chi connectivity index (χ0v) is 11.4. The first-order valence-electron chi connectivity index (χ1n) is 6.48. The lowest BCUT2D eigenvalue weighted by molar-refractivity contribution is -0.0348. The maximum atomic E-state index is 8.71. The van der Waals surface area contributed by atoms with Crippen LogP contribution in [0.1, 0.15) is 59.8 Å². The van der Waals surface area contributed by atoms with Gasteiger partial charge in [-0.3, -0.25) is 0 Å². The Hall–Kier alpha value is -0.340. The van der Waals surface area contributed by atoms with Gasteiger partial charge in [-0.25, -0.2) is 0 Å². The van der Waals surface area contributed by atoms with Gasteiger partial charge in [0.2, 0.25) is 0 Å². The lowest BCUT2D eigenvalue weighted by Gasteiger charge is -2.28. The predicted octanol–water partition coefficient (Wildman–Crippen LogP) is 3.69. The quantitative estimate of drug-likeness (QED) is 0.610. The van der Waals surface area contributed by atoms with Crippen LogP contribution in [-0.2, 0) is 4.74 Å². The van der Waals surface area contributed by atoms with Crippen LogP contribution >= 0.6 is 0 Å². The smallest absolute Gasteiger partial charge is 0.0651 e. The zero-order valence-electron chi connectivity index (χ0n) is 11.4. The number of hydrogen-bond donors (Lipinski definition) is 1. The SMILES string of the molecule is CCOC(C)(CC)CCCC(C)=CCCO. The van der Waals surface area contributed by atoms with E-state index in [1.807, 2.05) is 0 Å². The Bertz CT molecular complexity index is 199. The zero-order chi connectivity index (χ0) is 12.4. The number of aliphatic hydroxyl groups is 1. The summed E-state index contributed by atoms with van der Waals surface area (Å²) in [7, 11) is 0. The molecule has 1 atom stereocenters. The third-order valence-electron chi connectivity index (χ3n) is 3.14. The summed E-state index contributed by atoms with van der Waals surface area (Å²) in [5.74, 6) is 0. The summed E-state index contributed by atoms with van der Waals surface area (Å²) in [6, 6.07) is 0. The molecule has 0 aliphatic rings. The summed E-state index contributed by atoms with van der Waals surface area (Å²) < 4.78 is 5.78. The molecule has 1 N–H and O–H groups in total. The molecular weight excluding hydrogens is 200 g/mol. The molecular formula is C14H28O2. The molecule has 0 aromatic carbocycles. The van der Waals surface area contributed by atoms with E-state index in [9.17, 15) is 0 Å². The Kier molecular flexibility index (Phi) is 8.58. The molecule has 0 aromatic heterocycles. The number of allylic oxidation sites excluding steroid dienone is 1. The lowest BCUT2D eigenvalue weighted by atomic mass is 9.94. The second kappa shape index (κ2) is 8.77. The van der Waals surface area contributed by atoms with Gasteiger partial charge in [0, 0.05) is 13.2 Å². The Labute approximate surface area is 101 Å². The number of rotatable bonds is 9. The van der Waals surface area contributed by atoms with Crippen LogP contribution < -0.4 is 0 Å². The van der Waals surface area contributed by atoms with Gasteiger partial charge in [0.15, 0.2) is 0 Å². The highest BCUT2D eigenvalue weighted by molar-refractivity contribution is 4.97. The van der Waals surface area contributed by atoms with E-state index in [-0.39, 0.29) is 12.2 Å². The van der Waals surface area contributed by atoms with Gasteiger partial charge in [-0.15, -0.1) is 0 Å². The molecule has 0 aliphatic carbocycles. The van der Waals surface area contributed by atoms with E-state index in [1.165, 1.54) is 5.57 Å². The first-order chi connectivity index (χ1) is 7.58. The molecule has 0 bridgehead atoms. The monoisotopic (exact) mass is 228 g/mol. The molecule has 0 radical (unpaired) electrons. The minimum atomic E-state index is 0.0476. The minimum Gasteiger partial charge on any atom is -0.396 e. The van der Waals surface area contributed by atoms with Gasteiger partial charge in [0.25, 0.3) is 0 Å². The number of aliphatic hydroxyl groups excluding tert-OH is 1. The van der Waals surface area contributed by atoms with Crippen LogP contribution in [0.25, 0.3) is 0 Å². The predicted molar refractivity (Wildman–Crippen MR) is 69.6 cm³/mol. The van der Waals surface area contributed by atoms with Gasteiger partial charge in [0.05, 0.1) is 5.60 Å². The van der Waals surface area contributed by atoms with Gasteiger partial charge in [-0.2, -0.15) is 0 Å². The van der Waals surface area contributed by atoms with Crippen LogP contribution in [0.5, 0.6) is 0 Å². The molecule has 0 saturated heterocycles. The van der Waals surface area contributed by atoms with Crippen LogP contribution in [0.3, 0.4) is 0 Å². The molecule has 0 fully saturated rings. The van der Waals surface area contributed by atoms with Crippen molar-refractivity contribution in [2.75, 3.05) is 13.2 Å². The summed E-state index contributed by atoms with van der Waals surface area (Å²) in [6.45, 7) is 9.62. The number of ether oxygens (including phenoxy) is 1. The molecule has 0 spiro atoms. The highest BCUT2D eigenvalue weighted by Crippen LogP contribution is 2.23. The van der Waals surface area contributed by atoms with E-state index in [2.05, 4.69) is 33.8 Å². The molecule has 96 valence electrons. The maximum Gasteiger partial charge on any atom is 0.0651 e. The Morgan fingerprint density at radius 3 is 2.56 bits per heavy atom. The minimum absolute atomic E-state index is 0.0476. The van der Waals surface area contributed by atoms with Crippen LogP contribution in [0, 0.1) is 0 Å². The van der Waals surface area contributed by atoms with Crippen molar-refractivity contribution in [2.45, 2.75) is 65.4 Å². The van der Waals surface area contributed by atoms with E-state index >= 15 is 0 Å². The van der Waals surface area contributed by atoms with Crippen molar-refractivity contribution >= 4 is 0 Å². The Balaban J connectivity index is 3.86. The molecule has 1 unspecified atom stereocenters. The van der Waals surface area contributed by atoms with Crippen molar-refractivity contribution in [3.63, 3.8) is 0 Å². The van der Waals surface area contributed by atoms with E-state index in [4.69, 9.17) is 9.84 Å². The lowest BCUT2D eigenvalue weighted by Crippen LogP contribution is -2.27. The maximum absolute atomic E-state index is 8.71. The van der Waals surface area contributed by atoms with Gasteiger partial charge in [-0.1, -0.05) is 18.6 Å². The highest BCUT2D eigenvalue weighted by Gasteiger charge is 2.21. The van der Waals surface area contributed by atoms with Crippen molar-refractivity contribution in [1.82, 2.24) is 0 Å². The molecule has 0 saturated carbocycles. The molecule has 16 heavy (non-hydrogen) atoms. The fraction of sp³-hybridized carbons (Fsp3) is 0.857. The molecule has 0 rings (SSSR count). The second-order valence-electron chi connectivity index (χ2n) is 4.65. The number of hydrogen-bond acceptors (Lipinski definition) is 2. The standard InChI is InChI=1S/C14H28O2/c1-5-14(4,16-6-2)11-7-9-13(3)10-8-12-15/h10,15H,5-9,11-12H2,1-4H3. The van der Waals surface area contributed by atoms with Crippen LogP contribution in [0.2, 0.25) is 0 Å². The summed E-state index contributed by atoms with van der Waals surface area (Å²) in [5, 5.41) is 8.71. The molecule has 0 aliphatic heterocycles. The first-order valence-corrected chi connectivity index (χ1v) is 6.48. The summed E-state index contributed by atoms with van der Waals surface area (Å²) >= 11 is 0. The summed E-state index contributed by atoms with van der Waals surface area (Å²) in [5.41, 5.74) is 1.43. The largest absolute Gasteiger partial charge is 0.396 e. The van der Waals surface area contributed by atoms with E-state index in [0.29, 0.717) is 0 Å². The van der Waals surface area contributed by atoms with Crippen LogP contribution in [0.15, 0.2) is 11.6 Å². The fourth-order valence-electron chi connectivity index (χ4n) is 1.85. The van der Waals surface area contributed by atoms with E-state index in [1.54, 1.807) is 0 Å². The normalized spacial score (nSPS) is 16.2. The molecule has 2 heteroatoms. The second-order valence-corrected chi connectivity index (χ2v) is 4.65. The van der Waals surface area contributed by atoms with Gasteiger partial charge < -0.3 is 9.84 Å².